The lowest BCUT2D eigenvalue weighted by Gasteiger charge is -2.10. The summed E-state index contributed by atoms with van der Waals surface area (Å²) in [7, 11) is 0. The van der Waals surface area contributed by atoms with Crippen molar-refractivity contribution in [1.82, 2.24) is 10.3 Å². The second-order valence-corrected chi connectivity index (χ2v) is 2.59. The summed E-state index contributed by atoms with van der Waals surface area (Å²) in [5, 5.41) is 3.03. The van der Waals surface area contributed by atoms with E-state index in [4.69, 9.17) is 6.42 Å². The van der Waals surface area contributed by atoms with Gasteiger partial charge in [-0.1, -0.05) is 12.8 Å². The number of hydrogen-bond acceptors (Lipinski definition) is 2. The molecule has 3 heteroatoms. The summed E-state index contributed by atoms with van der Waals surface area (Å²) in [6.07, 6.45) is 8.00. The van der Waals surface area contributed by atoms with Crippen molar-refractivity contribution < 1.29 is 4.39 Å². The summed E-state index contributed by atoms with van der Waals surface area (Å²) in [5.74, 6) is 2.16. The number of hydrogen-bond donors (Lipinski definition) is 1. The first-order valence-electron chi connectivity index (χ1n) is 4.08. The predicted octanol–water partition coefficient (Wildman–Crippen LogP) is 1.50. The second kappa shape index (κ2) is 4.58. The van der Waals surface area contributed by atoms with Crippen molar-refractivity contribution in [3.8, 4) is 12.3 Å². The summed E-state index contributed by atoms with van der Waals surface area (Å²) >= 11 is 0. The van der Waals surface area contributed by atoms with Gasteiger partial charge < -0.3 is 5.32 Å². The van der Waals surface area contributed by atoms with Crippen LogP contribution in [0.1, 0.15) is 18.5 Å². The summed E-state index contributed by atoms with van der Waals surface area (Å²) in [6.45, 7) is 2.68. The maximum Gasteiger partial charge on any atom is 0.141 e. The van der Waals surface area contributed by atoms with Crippen molar-refractivity contribution in [3.05, 3.63) is 29.8 Å². The van der Waals surface area contributed by atoms with Crippen LogP contribution in [-0.2, 0) is 0 Å². The number of halogens is 1. The number of rotatable bonds is 3. The Labute approximate surface area is 77.2 Å². The molecule has 68 valence electrons. The van der Waals surface area contributed by atoms with Crippen LogP contribution < -0.4 is 5.32 Å². The molecule has 1 unspecified atom stereocenters. The Morgan fingerprint density at radius 2 is 2.46 bits per heavy atom. The van der Waals surface area contributed by atoms with Crippen LogP contribution in [-0.4, -0.2) is 11.5 Å². The molecule has 1 aromatic rings. The van der Waals surface area contributed by atoms with Crippen molar-refractivity contribution in [2.75, 3.05) is 6.54 Å². The van der Waals surface area contributed by atoms with Crippen LogP contribution in [0.15, 0.2) is 18.5 Å². The third-order valence-electron chi connectivity index (χ3n) is 1.63. The Morgan fingerprint density at radius 1 is 1.69 bits per heavy atom. The molecule has 1 rings (SSSR count). The Kier molecular flexibility index (Phi) is 3.41. The summed E-state index contributed by atoms with van der Waals surface area (Å²) in [4.78, 5) is 3.72. The summed E-state index contributed by atoms with van der Waals surface area (Å²) in [6, 6.07) is 1.13. The molecule has 1 N–H and O–H groups in total. The minimum absolute atomic E-state index is 0.256. The van der Waals surface area contributed by atoms with Crippen LogP contribution in [0.4, 0.5) is 4.39 Å². The minimum Gasteiger partial charge on any atom is -0.300 e. The van der Waals surface area contributed by atoms with Crippen molar-refractivity contribution in [1.29, 1.82) is 0 Å². The third-order valence-corrected chi connectivity index (χ3v) is 1.63. The van der Waals surface area contributed by atoms with E-state index < -0.39 is 0 Å². The second-order valence-electron chi connectivity index (χ2n) is 2.59. The quantitative estimate of drug-likeness (QED) is 0.709. The number of pyridine rings is 1. The van der Waals surface area contributed by atoms with Gasteiger partial charge in [-0.05, 0) is 12.6 Å². The first-order chi connectivity index (χ1) is 6.27. The lowest BCUT2D eigenvalue weighted by molar-refractivity contribution is 0.606. The maximum absolute atomic E-state index is 12.7. The zero-order valence-corrected chi connectivity index (χ0v) is 7.42. The van der Waals surface area contributed by atoms with Gasteiger partial charge in [0, 0.05) is 11.8 Å². The molecule has 0 saturated heterocycles. The van der Waals surface area contributed by atoms with Crippen LogP contribution in [0.5, 0.6) is 0 Å². The Morgan fingerprint density at radius 3 is 3.00 bits per heavy atom. The fraction of sp³-hybridized carbons (Fsp3) is 0.300. The Hall–Kier alpha value is -1.40. The molecule has 0 aliphatic rings. The molecule has 2 nitrogen and oxygen atoms in total. The molecular weight excluding hydrogens is 167 g/mol. The van der Waals surface area contributed by atoms with Gasteiger partial charge in [0.05, 0.1) is 12.2 Å². The molecule has 0 aliphatic heterocycles. The van der Waals surface area contributed by atoms with E-state index in [1.165, 1.54) is 6.07 Å². The molecule has 0 bridgehead atoms. The van der Waals surface area contributed by atoms with Crippen LogP contribution >= 0.6 is 0 Å². The van der Waals surface area contributed by atoms with E-state index in [-0.39, 0.29) is 11.9 Å². The average molecular weight is 178 g/mol. The monoisotopic (exact) mass is 178 g/mol. The Bertz CT molecular complexity index is 317. The first-order valence-corrected chi connectivity index (χ1v) is 4.08. The van der Waals surface area contributed by atoms with E-state index >= 15 is 0 Å². The molecule has 0 spiro atoms. The summed E-state index contributed by atoms with van der Waals surface area (Å²) < 4.78 is 12.7. The van der Waals surface area contributed by atoms with E-state index in [0.29, 0.717) is 5.56 Å². The van der Waals surface area contributed by atoms with Gasteiger partial charge in [-0.3, -0.25) is 4.98 Å². The molecule has 1 aromatic heterocycles. The lowest BCUT2D eigenvalue weighted by atomic mass is 10.1. The maximum atomic E-state index is 12.7. The van der Waals surface area contributed by atoms with Crippen molar-refractivity contribution in [3.63, 3.8) is 0 Å². The van der Waals surface area contributed by atoms with Gasteiger partial charge in [0.2, 0.25) is 0 Å². The normalized spacial score (nSPS) is 12.1. The zero-order valence-electron chi connectivity index (χ0n) is 7.42. The standard InChI is InChI=1S/C10H11FN2/c1-3-10(13-4-2)8-5-9(11)7-12-6-8/h1,5-7,10,13H,4H2,2H3. The largest absolute Gasteiger partial charge is 0.300 e. The van der Waals surface area contributed by atoms with E-state index in [0.717, 1.165) is 12.7 Å². The van der Waals surface area contributed by atoms with Crippen LogP contribution in [0, 0.1) is 18.2 Å². The minimum atomic E-state index is -0.365. The fourth-order valence-corrected chi connectivity index (χ4v) is 1.06. The highest BCUT2D eigenvalue weighted by molar-refractivity contribution is 5.22. The Balaban J connectivity index is 2.86. The molecule has 0 aromatic carbocycles. The highest BCUT2D eigenvalue weighted by Gasteiger charge is 2.06. The van der Waals surface area contributed by atoms with Crippen molar-refractivity contribution >= 4 is 0 Å². The lowest BCUT2D eigenvalue weighted by Crippen LogP contribution is -2.19. The van der Waals surface area contributed by atoms with Gasteiger partial charge in [-0.25, -0.2) is 4.39 Å². The molecule has 0 radical (unpaired) electrons. The van der Waals surface area contributed by atoms with Gasteiger partial charge in [0.1, 0.15) is 5.82 Å². The fourth-order valence-electron chi connectivity index (χ4n) is 1.06. The topological polar surface area (TPSA) is 24.9 Å². The molecule has 0 saturated carbocycles. The van der Waals surface area contributed by atoms with Gasteiger partial charge in [-0.2, -0.15) is 0 Å². The van der Waals surface area contributed by atoms with Crippen molar-refractivity contribution in [2.24, 2.45) is 0 Å². The van der Waals surface area contributed by atoms with E-state index in [2.05, 4.69) is 16.2 Å². The van der Waals surface area contributed by atoms with Gasteiger partial charge in [0.15, 0.2) is 0 Å². The SMILES string of the molecule is C#CC(NCC)c1cncc(F)c1. The van der Waals surface area contributed by atoms with Crippen LogP contribution in [0.25, 0.3) is 0 Å². The van der Waals surface area contributed by atoms with E-state index in [9.17, 15) is 4.39 Å². The molecule has 0 aliphatic carbocycles. The highest BCUT2D eigenvalue weighted by atomic mass is 19.1. The average Bonchev–Trinajstić information content (AvgIpc) is 2.14. The van der Waals surface area contributed by atoms with Gasteiger partial charge in [0.25, 0.3) is 0 Å². The van der Waals surface area contributed by atoms with Crippen molar-refractivity contribution in [2.45, 2.75) is 13.0 Å². The molecule has 1 atom stereocenters. The molecule has 1 heterocycles. The molecule has 0 amide bonds. The first kappa shape index (κ1) is 9.69. The van der Waals surface area contributed by atoms with Gasteiger partial charge >= 0.3 is 0 Å². The number of aromatic nitrogens is 1. The molecule has 0 fully saturated rings. The smallest absolute Gasteiger partial charge is 0.141 e. The molecule has 13 heavy (non-hydrogen) atoms. The number of nitrogens with one attached hydrogen (secondary N) is 1. The van der Waals surface area contributed by atoms with E-state index in [1.54, 1.807) is 6.20 Å². The van der Waals surface area contributed by atoms with Crippen LogP contribution in [0.3, 0.4) is 0 Å². The predicted molar refractivity (Wildman–Crippen MR) is 49.4 cm³/mol. The highest BCUT2D eigenvalue weighted by Crippen LogP contribution is 2.11. The van der Waals surface area contributed by atoms with Crippen LogP contribution in [0.2, 0.25) is 0 Å². The number of terminal acetylenes is 1. The number of nitrogens with zero attached hydrogens (tertiary/aromatic N) is 1. The summed E-state index contributed by atoms with van der Waals surface area (Å²) in [5.41, 5.74) is 0.685. The molecular formula is C10H11FN2. The zero-order chi connectivity index (χ0) is 9.68. The third kappa shape index (κ3) is 2.53. The van der Waals surface area contributed by atoms with E-state index in [1.807, 2.05) is 6.92 Å². The van der Waals surface area contributed by atoms with Gasteiger partial charge in [-0.15, -0.1) is 6.42 Å².